The lowest BCUT2D eigenvalue weighted by molar-refractivity contribution is -0.116. The Bertz CT molecular complexity index is 623. The summed E-state index contributed by atoms with van der Waals surface area (Å²) < 4.78 is 10.8. The Hall–Kier alpha value is -2.49. The first kappa shape index (κ1) is 16.9. The molecule has 0 aliphatic carbocycles. The molecule has 122 valence electrons. The lowest BCUT2D eigenvalue weighted by atomic mass is 10.1. The smallest absolute Gasteiger partial charge is 0.227 e. The van der Waals surface area contributed by atoms with Crippen LogP contribution in [-0.2, 0) is 11.2 Å². The third-order valence-corrected chi connectivity index (χ3v) is 3.43. The standard InChI is InChI=1S/C19H23NO3/c1-3-6-15-9-11-16(12-10-15)20-19(21)13-14-23-18-8-5-4-7-17(18)22-2/h4-5,7-12H,3,6,13-14H2,1-2H3,(H,20,21). The van der Waals surface area contributed by atoms with Crippen molar-refractivity contribution in [1.29, 1.82) is 0 Å². The van der Waals surface area contributed by atoms with Gasteiger partial charge in [-0.05, 0) is 36.2 Å². The van der Waals surface area contributed by atoms with Crippen molar-refractivity contribution in [3.63, 3.8) is 0 Å². The highest BCUT2D eigenvalue weighted by Crippen LogP contribution is 2.25. The van der Waals surface area contributed by atoms with Gasteiger partial charge in [-0.15, -0.1) is 0 Å². The number of aryl methyl sites for hydroxylation is 1. The van der Waals surface area contributed by atoms with Crippen molar-refractivity contribution in [3.8, 4) is 11.5 Å². The van der Waals surface area contributed by atoms with Crippen LogP contribution in [0, 0.1) is 0 Å². The summed E-state index contributed by atoms with van der Waals surface area (Å²) in [6.07, 6.45) is 2.46. The van der Waals surface area contributed by atoms with E-state index in [4.69, 9.17) is 9.47 Å². The van der Waals surface area contributed by atoms with E-state index in [0.29, 0.717) is 18.1 Å². The van der Waals surface area contributed by atoms with Gasteiger partial charge in [0, 0.05) is 5.69 Å². The molecule has 0 saturated carbocycles. The Balaban J connectivity index is 1.78. The van der Waals surface area contributed by atoms with Crippen molar-refractivity contribution in [2.45, 2.75) is 26.2 Å². The maximum absolute atomic E-state index is 11.9. The van der Waals surface area contributed by atoms with Gasteiger partial charge in [0.2, 0.25) is 5.91 Å². The summed E-state index contributed by atoms with van der Waals surface area (Å²) in [4.78, 5) is 11.9. The quantitative estimate of drug-likeness (QED) is 0.799. The second-order valence-corrected chi connectivity index (χ2v) is 5.24. The Morgan fingerprint density at radius 2 is 1.74 bits per heavy atom. The van der Waals surface area contributed by atoms with E-state index in [1.54, 1.807) is 7.11 Å². The number of amides is 1. The lowest BCUT2D eigenvalue weighted by Crippen LogP contribution is -2.15. The van der Waals surface area contributed by atoms with Crippen molar-refractivity contribution in [2.75, 3.05) is 19.0 Å². The molecule has 0 fully saturated rings. The molecule has 0 heterocycles. The monoisotopic (exact) mass is 313 g/mol. The van der Waals surface area contributed by atoms with Gasteiger partial charge >= 0.3 is 0 Å². The van der Waals surface area contributed by atoms with Gasteiger partial charge in [-0.3, -0.25) is 4.79 Å². The number of methoxy groups -OCH3 is 1. The summed E-state index contributed by atoms with van der Waals surface area (Å²) in [7, 11) is 1.59. The molecular weight excluding hydrogens is 290 g/mol. The molecule has 2 rings (SSSR count). The topological polar surface area (TPSA) is 47.6 Å². The number of hydrogen-bond donors (Lipinski definition) is 1. The lowest BCUT2D eigenvalue weighted by Gasteiger charge is -2.10. The summed E-state index contributed by atoms with van der Waals surface area (Å²) in [6.45, 7) is 2.46. The highest BCUT2D eigenvalue weighted by atomic mass is 16.5. The van der Waals surface area contributed by atoms with Crippen molar-refractivity contribution in [1.82, 2.24) is 0 Å². The number of hydrogen-bond acceptors (Lipinski definition) is 3. The molecule has 0 aliphatic heterocycles. The number of ether oxygens (including phenoxy) is 2. The van der Waals surface area contributed by atoms with Crippen LogP contribution in [0.1, 0.15) is 25.3 Å². The first-order valence-electron chi connectivity index (χ1n) is 7.87. The number of benzene rings is 2. The van der Waals surface area contributed by atoms with E-state index in [0.717, 1.165) is 18.5 Å². The molecule has 0 atom stereocenters. The highest BCUT2D eigenvalue weighted by Gasteiger charge is 2.06. The molecule has 0 bridgehead atoms. The van der Waals surface area contributed by atoms with E-state index >= 15 is 0 Å². The summed E-state index contributed by atoms with van der Waals surface area (Å²) in [6, 6.07) is 15.4. The molecule has 2 aromatic carbocycles. The molecule has 0 saturated heterocycles. The van der Waals surface area contributed by atoms with Gasteiger partial charge in [-0.25, -0.2) is 0 Å². The van der Waals surface area contributed by atoms with Gasteiger partial charge in [0.15, 0.2) is 11.5 Å². The largest absolute Gasteiger partial charge is 0.493 e. The zero-order valence-corrected chi connectivity index (χ0v) is 13.7. The second kappa shape index (κ2) is 8.83. The van der Waals surface area contributed by atoms with Gasteiger partial charge in [0.1, 0.15) is 0 Å². The molecule has 0 aliphatic rings. The van der Waals surface area contributed by atoms with Crippen LogP contribution >= 0.6 is 0 Å². The molecule has 1 N–H and O–H groups in total. The van der Waals surface area contributed by atoms with Crippen LogP contribution in [0.5, 0.6) is 11.5 Å². The number of nitrogens with one attached hydrogen (secondary N) is 1. The second-order valence-electron chi connectivity index (χ2n) is 5.24. The predicted molar refractivity (Wildman–Crippen MR) is 92.2 cm³/mol. The van der Waals surface area contributed by atoms with Crippen LogP contribution < -0.4 is 14.8 Å². The van der Waals surface area contributed by atoms with Crippen LogP contribution in [0.4, 0.5) is 5.69 Å². The van der Waals surface area contributed by atoms with Crippen molar-refractivity contribution in [3.05, 3.63) is 54.1 Å². The highest BCUT2D eigenvalue weighted by molar-refractivity contribution is 5.90. The first-order valence-corrected chi connectivity index (χ1v) is 7.87. The van der Waals surface area contributed by atoms with Crippen LogP contribution in [0.25, 0.3) is 0 Å². The minimum atomic E-state index is -0.0665. The fourth-order valence-corrected chi connectivity index (χ4v) is 2.26. The molecule has 0 aromatic heterocycles. The van der Waals surface area contributed by atoms with Crippen LogP contribution in [0.2, 0.25) is 0 Å². The van der Waals surface area contributed by atoms with E-state index in [9.17, 15) is 4.79 Å². The van der Waals surface area contributed by atoms with Crippen molar-refractivity contribution in [2.24, 2.45) is 0 Å². The normalized spacial score (nSPS) is 10.2. The maximum Gasteiger partial charge on any atom is 0.227 e. The van der Waals surface area contributed by atoms with Crippen LogP contribution in [0.15, 0.2) is 48.5 Å². The summed E-state index contributed by atoms with van der Waals surface area (Å²) in [5.74, 6) is 1.24. The fraction of sp³-hybridized carbons (Fsp3) is 0.316. The zero-order chi connectivity index (χ0) is 16.5. The summed E-state index contributed by atoms with van der Waals surface area (Å²) >= 11 is 0. The molecular formula is C19H23NO3. The van der Waals surface area contributed by atoms with E-state index in [1.807, 2.05) is 48.5 Å². The van der Waals surface area contributed by atoms with E-state index < -0.39 is 0 Å². The zero-order valence-electron chi connectivity index (χ0n) is 13.7. The van der Waals surface area contributed by atoms with Crippen LogP contribution in [0.3, 0.4) is 0 Å². The number of rotatable bonds is 8. The van der Waals surface area contributed by atoms with Crippen molar-refractivity contribution < 1.29 is 14.3 Å². The Labute approximate surface area is 137 Å². The SMILES string of the molecule is CCCc1ccc(NC(=O)CCOc2ccccc2OC)cc1. The Morgan fingerprint density at radius 3 is 2.39 bits per heavy atom. The summed E-state index contributed by atoms with van der Waals surface area (Å²) in [5.41, 5.74) is 2.09. The molecule has 0 spiro atoms. The van der Waals surface area contributed by atoms with Gasteiger partial charge in [-0.1, -0.05) is 37.6 Å². The van der Waals surface area contributed by atoms with Crippen molar-refractivity contribution >= 4 is 11.6 Å². The van der Waals surface area contributed by atoms with Gasteiger partial charge < -0.3 is 14.8 Å². The molecule has 0 unspecified atom stereocenters. The third-order valence-electron chi connectivity index (χ3n) is 3.43. The number of carbonyl (C=O) groups is 1. The Morgan fingerprint density at radius 1 is 1.04 bits per heavy atom. The van der Waals surface area contributed by atoms with Gasteiger partial charge in [0.05, 0.1) is 20.1 Å². The minimum absolute atomic E-state index is 0.0665. The van der Waals surface area contributed by atoms with Gasteiger partial charge in [0.25, 0.3) is 0 Å². The molecule has 4 nitrogen and oxygen atoms in total. The van der Waals surface area contributed by atoms with E-state index in [-0.39, 0.29) is 12.3 Å². The molecule has 2 aromatic rings. The average Bonchev–Trinajstić information content (AvgIpc) is 2.57. The van der Waals surface area contributed by atoms with E-state index in [1.165, 1.54) is 5.56 Å². The molecule has 1 amide bonds. The van der Waals surface area contributed by atoms with Crippen LogP contribution in [-0.4, -0.2) is 19.6 Å². The minimum Gasteiger partial charge on any atom is -0.493 e. The number of para-hydroxylation sites is 2. The maximum atomic E-state index is 11.9. The number of anilines is 1. The molecule has 4 heteroatoms. The fourth-order valence-electron chi connectivity index (χ4n) is 2.26. The number of carbonyl (C=O) groups excluding carboxylic acids is 1. The summed E-state index contributed by atoms with van der Waals surface area (Å²) in [5, 5.41) is 2.88. The third kappa shape index (κ3) is 5.33. The molecule has 23 heavy (non-hydrogen) atoms. The van der Waals surface area contributed by atoms with Gasteiger partial charge in [-0.2, -0.15) is 0 Å². The van der Waals surface area contributed by atoms with E-state index in [2.05, 4.69) is 12.2 Å². The average molecular weight is 313 g/mol. The predicted octanol–water partition coefficient (Wildman–Crippen LogP) is 4.06. The Kier molecular flexibility index (Phi) is 6.48. The first-order chi connectivity index (χ1) is 11.2. The molecule has 0 radical (unpaired) electrons.